The fourth-order valence-corrected chi connectivity index (χ4v) is 3.18. The van der Waals surface area contributed by atoms with Crippen LogP contribution >= 0.6 is 12.2 Å². The monoisotopic (exact) mass is 419 g/mol. The van der Waals surface area contributed by atoms with E-state index in [1.807, 2.05) is 69.3 Å². The van der Waals surface area contributed by atoms with Crippen LogP contribution in [0.4, 0.5) is 11.4 Å². The number of hydrogen-bond donors (Lipinski definition) is 3. The molecule has 0 saturated carbocycles. The molecular weight excluding hydrogens is 394 g/mol. The number of carbonyl (C=O) groups is 2. The predicted molar refractivity (Wildman–Crippen MR) is 127 cm³/mol. The molecule has 0 radical (unpaired) electrons. The molecule has 0 spiro atoms. The first-order valence-electron chi connectivity index (χ1n) is 9.71. The third-order valence-corrected chi connectivity index (χ3v) is 4.75. The Morgan fingerprint density at radius 2 is 1.50 bits per heavy atom. The largest absolute Gasteiger partial charge is 0.332 e. The molecule has 0 aromatic heterocycles. The molecule has 0 fully saturated rings. The van der Waals surface area contributed by atoms with Crippen LogP contribution in [0.5, 0.6) is 0 Å². The van der Waals surface area contributed by atoms with Crippen molar-refractivity contribution in [2.75, 3.05) is 10.6 Å². The van der Waals surface area contributed by atoms with Gasteiger partial charge in [-0.1, -0.05) is 69.3 Å². The molecule has 3 aromatic rings. The van der Waals surface area contributed by atoms with Crippen LogP contribution in [0.1, 0.15) is 26.3 Å². The molecule has 0 bridgehead atoms. The summed E-state index contributed by atoms with van der Waals surface area (Å²) in [6, 6.07) is 21.1. The van der Waals surface area contributed by atoms with Crippen molar-refractivity contribution in [2.24, 2.45) is 5.41 Å². The second-order valence-corrected chi connectivity index (χ2v) is 8.51. The van der Waals surface area contributed by atoms with Crippen LogP contribution in [0.2, 0.25) is 0 Å². The Morgan fingerprint density at radius 1 is 0.867 bits per heavy atom. The maximum atomic E-state index is 12.5. The fourth-order valence-electron chi connectivity index (χ4n) is 2.95. The van der Waals surface area contributed by atoms with E-state index in [2.05, 4.69) is 16.0 Å². The molecule has 0 aliphatic carbocycles. The zero-order valence-electron chi connectivity index (χ0n) is 17.3. The van der Waals surface area contributed by atoms with Crippen molar-refractivity contribution in [3.8, 4) is 0 Å². The van der Waals surface area contributed by atoms with Crippen molar-refractivity contribution < 1.29 is 9.59 Å². The summed E-state index contributed by atoms with van der Waals surface area (Å²) < 4.78 is 0. The smallest absolute Gasteiger partial charge is 0.230 e. The highest BCUT2D eigenvalue weighted by Crippen LogP contribution is 2.21. The third kappa shape index (κ3) is 5.64. The lowest BCUT2D eigenvalue weighted by Gasteiger charge is -2.18. The maximum Gasteiger partial charge on any atom is 0.230 e. The average Bonchev–Trinajstić information content (AvgIpc) is 2.67. The quantitative estimate of drug-likeness (QED) is 0.527. The van der Waals surface area contributed by atoms with Gasteiger partial charge in [-0.15, -0.1) is 0 Å². The molecular formula is C24H25N3O2S. The summed E-state index contributed by atoms with van der Waals surface area (Å²) in [5.74, 6) is -0.272. The van der Waals surface area contributed by atoms with Crippen molar-refractivity contribution >= 4 is 51.3 Å². The van der Waals surface area contributed by atoms with Crippen molar-refractivity contribution in [3.63, 3.8) is 0 Å². The predicted octanol–water partition coefficient (Wildman–Crippen LogP) is 4.88. The van der Waals surface area contributed by atoms with E-state index in [1.54, 1.807) is 18.2 Å². The van der Waals surface area contributed by atoms with Crippen molar-refractivity contribution in [3.05, 3.63) is 72.3 Å². The van der Waals surface area contributed by atoms with E-state index >= 15 is 0 Å². The van der Waals surface area contributed by atoms with Crippen molar-refractivity contribution in [2.45, 2.75) is 27.2 Å². The highest BCUT2D eigenvalue weighted by Gasteiger charge is 2.21. The van der Waals surface area contributed by atoms with Gasteiger partial charge >= 0.3 is 0 Å². The van der Waals surface area contributed by atoms with Crippen LogP contribution in [-0.4, -0.2) is 16.9 Å². The second kappa shape index (κ2) is 9.05. The molecule has 30 heavy (non-hydrogen) atoms. The number of benzene rings is 3. The molecule has 3 aromatic carbocycles. The molecule has 0 aliphatic rings. The molecule has 154 valence electrons. The Kier molecular flexibility index (Phi) is 6.47. The number of hydrogen-bond acceptors (Lipinski definition) is 3. The number of fused-ring (bicyclic) bond motifs is 1. The van der Waals surface area contributed by atoms with Crippen LogP contribution in [0.25, 0.3) is 10.8 Å². The summed E-state index contributed by atoms with van der Waals surface area (Å²) in [6.07, 6.45) is 0.227. The van der Waals surface area contributed by atoms with Crippen LogP contribution in [0, 0.1) is 5.41 Å². The summed E-state index contributed by atoms with van der Waals surface area (Å²) >= 11 is 5.28. The Morgan fingerprint density at radius 3 is 2.23 bits per heavy atom. The average molecular weight is 420 g/mol. The van der Waals surface area contributed by atoms with Gasteiger partial charge in [0.1, 0.15) is 0 Å². The first kappa shape index (κ1) is 21.5. The first-order valence-corrected chi connectivity index (χ1v) is 10.1. The summed E-state index contributed by atoms with van der Waals surface area (Å²) in [4.78, 5) is 24.6. The molecule has 2 amide bonds. The van der Waals surface area contributed by atoms with Crippen LogP contribution in [0.15, 0.2) is 66.7 Å². The summed E-state index contributed by atoms with van der Waals surface area (Å²) in [5.41, 5.74) is 1.79. The van der Waals surface area contributed by atoms with Gasteiger partial charge in [-0.3, -0.25) is 9.59 Å². The van der Waals surface area contributed by atoms with Gasteiger partial charge in [0.05, 0.1) is 6.42 Å². The highest BCUT2D eigenvalue weighted by molar-refractivity contribution is 7.80. The topological polar surface area (TPSA) is 70.2 Å². The van der Waals surface area contributed by atoms with Crippen molar-refractivity contribution in [1.82, 2.24) is 5.32 Å². The van der Waals surface area contributed by atoms with Crippen molar-refractivity contribution in [1.29, 1.82) is 0 Å². The minimum atomic E-state index is -0.492. The van der Waals surface area contributed by atoms with E-state index in [0.717, 1.165) is 16.3 Å². The van der Waals surface area contributed by atoms with Crippen LogP contribution in [0.3, 0.4) is 0 Å². The number of amides is 2. The molecule has 0 saturated heterocycles. The normalized spacial score (nSPS) is 11.0. The minimum absolute atomic E-state index is 0.0781. The first-order chi connectivity index (χ1) is 14.2. The number of rotatable bonds is 4. The lowest BCUT2D eigenvalue weighted by Crippen LogP contribution is -2.35. The van der Waals surface area contributed by atoms with Gasteiger partial charge in [0, 0.05) is 16.8 Å². The minimum Gasteiger partial charge on any atom is -0.332 e. The SMILES string of the molecule is CC(C)(C)C(=O)Nc1cccc(NC(=S)NC(=O)Cc2cccc3ccccc23)c1. The number of thiocarbonyl (C=S) groups is 1. The molecule has 3 rings (SSSR count). The zero-order valence-corrected chi connectivity index (χ0v) is 18.1. The van der Waals surface area contributed by atoms with E-state index in [1.165, 1.54) is 0 Å². The third-order valence-electron chi connectivity index (χ3n) is 4.54. The van der Waals surface area contributed by atoms with Gasteiger partial charge < -0.3 is 16.0 Å². The Labute approximate surface area is 181 Å². The molecule has 0 atom stereocenters. The van der Waals surface area contributed by atoms with E-state index in [0.29, 0.717) is 11.4 Å². The van der Waals surface area contributed by atoms with Gasteiger partial charge in [0.25, 0.3) is 0 Å². The fraction of sp³-hybridized carbons (Fsp3) is 0.208. The highest BCUT2D eigenvalue weighted by atomic mass is 32.1. The summed E-state index contributed by atoms with van der Waals surface area (Å²) in [5, 5.41) is 10.9. The second-order valence-electron chi connectivity index (χ2n) is 8.10. The van der Waals surface area contributed by atoms with Gasteiger partial charge in [0.15, 0.2) is 5.11 Å². The number of carbonyl (C=O) groups excluding carboxylic acids is 2. The molecule has 3 N–H and O–H groups in total. The number of anilines is 2. The van der Waals surface area contributed by atoms with E-state index < -0.39 is 5.41 Å². The van der Waals surface area contributed by atoms with Gasteiger partial charge in [-0.2, -0.15) is 0 Å². The van der Waals surface area contributed by atoms with Crippen LogP contribution < -0.4 is 16.0 Å². The van der Waals surface area contributed by atoms with E-state index in [-0.39, 0.29) is 23.3 Å². The lowest BCUT2D eigenvalue weighted by molar-refractivity contribution is -0.123. The molecule has 0 heterocycles. The Bertz CT molecular complexity index is 1100. The maximum absolute atomic E-state index is 12.5. The Balaban J connectivity index is 1.61. The standard InChI is InChI=1S/C24H25N3O2S/c1-24(2,3)22(29)25-18-11-7-12-19(15-18)26-23(30)27-21(28)14-17-10-6-9-16-8-4-5-13-20(16)17/h4-13,15H,14H2,1-3H3,(H,25,29)(H2,26,27,28,30). The number of nitrogens with one attached hydrogen (secondary N) is 3. The molecule has 0 aliphatic heterocycles. The summed E-state index contributed by atoms with van der Waals surface area (Å²) in [7, 11) is 0. The molecule has 6 heteroatoms. The van der Waals surface area contributed by atoms with Gasteiger partial charge in [0.2, 0.25) is 11.8 Å². The molecule has 5 nitrogen and oxygen atoms in total. The zero-order chi connectivity index (χ0) is 21.7. The van der Waals surface area contributed by atoms with Crippen LogP contribution in [-0.2, 0) is 16.0 Å². The summed E-state index contributed by atoms with van der Waals surface area (Å²) in [6.45, 7) is 5.56. The van der Waals surface area contributed by atoms with E-state index in [4.69, 9.17) is 12.2 Å². The van der Waals surface area contributed by atoms with E-state index in [9.17, 15) is 9.59 Å². The van der Waals surface area contributed by atoms with Gasteiger partial charge in [-0.05, 0) is 46.8 Å². The Hall–Kier alpha value is -3.25. The van der Waals surface area contributed by atoms with Gasteiger partial charge in [-0.25, -0.2) is 0 Å². The lowest BCUT2D eigenvalue weighted by atomic mass is 9.95. The molecule has 0 unspecified atom stereocenters.